The van der Waals surface area contributed by atoms with Crippen molar-refractivity contribution in [1.29, 1.82) is 0 Å². The third kappa shape index (κ3) is 3.96. The molecular formula is C18H26N2O3. The Kier molecular flexibility index (Phi) is 4.76. The van der Waals surface area contributed by atoms with E-state index in [1.165, 1.54) is 6.42 Å². The van der Waals surface area contributed by atoms with E-state index in [0.29, 0.717) is 25.2 Å². The predicted octanol–water partition coefficient (Wildman–Crippen LogP) is 2.35. The molecule has 5 heteroatoms. The number of amides is 1. The van der Waals surface area contributed by atoms with E-state index in [-0.39, 0.29) is 5.91 Å². The lowest BCUT2D eigenvalue weighted by Crippen LogP contribution is -2.46. The number of hydrogen-bond donors (Lipinski definition) is 0. The largest absolute Gasteiger partial charge is 0.454 e. The molecule has 2 aliphatic rings. The third-order valence-electron chi connectivity index (χ3n) is 4.52. The molecule has 2 heterocycles. The maximum atomic E-state index is 12.5. The summed E-state index contributed by atoms with van der Waals surface area (Å²) >= 11 is 0. The van der Waals surface area contributed by atoms with Crippen molar-refractivity contribution < 1.29 is 14.3 Å². The normalized spacial score (nSPS) is 23.4. The lowest BCUT2D eigenvalue weighted by atomic mass is 9.92. The number of carbonyl (C=O) groups excluding carboxylic acids is 1. The van der Waals surface area contributed by atoms with Crippen LogP contribution in [0.15, 0.2) is 18.2 Å². The van der Waals surface area contributed by atoms with Crippen LogP contribution in [-0.2, 0) is 11.3 Å². The van der Waals surface area contributed by atoms with Crippen LogP contribution in [0.25, 0.3) is 0 Å². The van der Waals surface area contributed by atoms with Crippen LogP contribution in [0, 0.1) is 11.8 Å². The van der Waals surface area contributed by atoms with Gasteiger partial charge in [-0.1, -0.05) is 19.9 Å². The molecule has 0 aromatic heterocycles. The molecule has 2 unspecified atom stereocenters. The van der Waals surface area contributed by atoms with Gasteiger partial charge in [0, 0.05) is 19.6 Å². The number of carbonyl (C=O) groups is 1. The van der Waals surface area contributed by atoms with Gasteiger partial charge in [0.25, 0.3) is 0 Å². The zero-order valence-corrected chi connectivity index (χ0v) is 14.2. The number of piperidine rings is 1. The lowest BCUT2D eigenvalue weighted by Gasteiger charge is -2.35. The third-order valence-corrected chi connectivity index (χ3v) is 4.52. The van der Waals surface area contributed by atoms with Crippen LogP contribution in [0.4, 0.5) is 0 Å². The number of hydrogen-bond acceptors (Lipinski definition) is 4. The number of likely N-dealkylation sites (N-methyl/N-ethyl adjacent to an activating group) is 1. The number of benzene rings is 1. The molecule has 0 N–H and O–H groups in total. The summed E-state index contributed by atoms with van der Waals surface area (Å²) in [6.07, 6.45) is 1.22. The number of likely N-dealkylation sites (tertiary alicyclic amines) is 1. The first kappa shape index (κ1) is 16.1. The second-order valence-corrected chi connectivity index (χ2v) is 7.10. The van der Waals surface area contributed by atoms with Gasteiger partial charge in [0.15, 0.2) is 11.5 Å². The van der Waals surface area contributed by atoms with Crippen LogP contribution in [0.3, 0.4) is 0 Å². The maximum absolute atomic E-state index is 12.5. The number of ether oxygens (including phenoxy) is 2. The molecule has 0 spiro atoms. The summed E-state index contributed by atoms with van der Waals surface area (Å²) in [7, 11) is 1.99. The molecule has 1 amide bonds. The minimum absolute atomic E-state index is 0.228. The van der Waals surface area contributed by atoms with E-state index in [9.17, 15) is 4.79 Å². The average molecular weight is 318 g/mol. The van der Waals surface area contributed by atoms with Crippen LogP contribution in [0.1, 0.15) is 25.8 Å². The molecule has 1 saturated heterocycles. The van der Waals surface area contributed by atoms with Gasteiger partial charge in [-0.2, -0.15) is 0 Å². The monoisotopic (exact) mass is 318 g/mol. The van der Waals surface area contributed by atoms with Gasteiger partial charge in [0.1, 0.15) is 0 Å². The Labute approximate surface area is 138 Å². The number of nitrogens with zero attached hydrogens (tertiary/aromatic N) is 2. The minimum Gasteiger partial charge on any atom is -0.454 e. The molecule has 1 aromatic carbocycles. The fourth-order valence-corrected chi connectivity index (χ4v) is 3.60. The maximum Gasteiger partial charge on any atom is 0.236 e. The minimum atomic E-state index is 0.228. The second-order valence-electron chi connectivity index (χ2n) is 7.10. The highest BCUT2D eigenvalue weighted by Gasteiger charge is 2.25. The standard InChI is InChI=1S/C18H26N2O3/c1-13-6-14(2)9-20(8-13)18(21)11-19(3)10-15-4-5-16-17(7-15)23-12-22-16/h4-5,7,13-14H,6,8-12H2,1-3H3. The van der Waals surface area contributed by atoms with Gasteiger partial charge >= 0.3 is 0 Å². The van der Waals surface area contributed by atoms with Gasteiger partial charge in [0.05, 0.1) is 6.54 Å². The summed E-state index contributed by atoms with van der Waals surface area (Å²) in [4.78, 5) is 16.6. The Balaban J connectivity index is 1.54. The first-order chi connectivity index (χ1) is 11.0. The topological polar surface area (TPSA) is 42.0 Å². The Hall–Kier alpha value is -1.75. The number of fused-ring (bicyclic) bond motifs is 1. The summed E-state index contributed by atoms with van der Waals surface area (Å²) in [6.45, 7) is 7.70. The van der Waals surface area contributed by atoms with Crippen LogP contribution in [-0.4, -0.2) is 49.2 Å². The highest BCUT2D eigenvalue weighted by Crippen LogP contribution is 2.32. The second kappa shape index (κ2) is 6.79. The molecule has 3 rings (SSSR count). The van der Waals surface area contributed by atoms with Gasteiger partial charge in [-0.05, 0) is 43.0 Å². The van der Waals surface area contributed by atoms with Gasteiger partial charge in [0.2, 0.25) is 12.7 Å². The van der Waals surface area contributed by atoms with E-state index in [2.05, 4.69) is 18.7 Å². The highest BCUT2D eigenvalue weighted by atomic mass is 16.7. The molecule has 23 heavy (non-hydrogen) atoms. The van der Waals surface area contributed by atoms with Gasteiger partial charge in [-0.15, -0.1) is 0 Å². The number of rotatable bonds is 4. The van der Waals surface area contributed by atoms with E-state index in [1.54, 1.807) is 0 Å². The molecule has 1 fully saturated rings. The molecule has 0 radical (unpaired) electrons. The highest BCUT2D eigenvalue weighted by molar-refractivity contribution is 5.78. The average Bonchev–Trinajstić information content (AvgIpc) is 2.93. The van der Waals surface area contributed by atoms with Crippen molar-refractivity contribution in [3.63, 3.8) is 0 Å². The lowest BCUT2D eigenvalue weighted by molar-refractivity contribution is -0.134. The molecule has 0 bridgehead atoms. The Bertz CT molecular complexity index is 565. The van der Waals surface area contributed by atoms with E-state index >= 15 is 0 Å². The fraction of sp³-hybridized carbons (Fsp3) is 0.611. The quantitative estimate of drug-likeness (QED) is 0.855. The van der Waals surface area contributed by atoms with Crippen LogP contribution in [0.2, 0.25) is 0 Å². The summed E-state index contributed by atoms with van der Waals surface area (Å²) in [5, 5.41) is 0. The van der Waals surface area contributed by atoms with Crippen molar-refractivity contribution in [1.82, 2.24) is 9.80 Å². The van der Waals surface area contributed by atoms with E-state index < -0.39 is 0 Å². The molecule has 0 aliphatic carbocycles. The molecular weight excluding hydrogens is 292 g/mol. The van der Waals surface area contributed by atoms with Crippen LogP contribution < -0.4 is 9.47 Å². The van der Waals surface area contributed by atoms with Crippen molar-refractivity contribution in [2.75, 3.05) is 33.5 Å². The zero-order chi connectivity index (χ0) is 16.4. The first-order valence-electron chi connectivity index (χ1n) is 8.36. The van der Waals surface area contributed by atoms with Crippen LogP contribution >= 0.6 is 0 Å². The Morgan fingerprint density at radius 2 is 1.91 bits per heavy atom. The molecule has 1 aromatic rings. The SMILES string of the molecule is CC1CC(C)CN(C(=O)CN(C)Cc2ccc3c(c2)OCO3)C1. The Morgan fingerprint density at radius 1 is 1.22 bits per heavy atom. The smallest absolute Gasteiger partial charge is 0.236 e. The van der Waals surface area contributed by atoms with Crippen molar-refractivity contribution in [2.45, 2.75) is 26.8 Å². The Morgan fingerprint density at radius 3 is 2.65 bits per heavy atom. The molecule has 126 valence electrons. The van der Waals surface area contributed by atoms with Gasteiger partial charge < -0.3 is 14.4 Å². The van der Waals surface area contributed by atoms with Gasteiger partial charge in [-0.25, -0.2) is 0 Å². The van der Waals surface area contributed by atoms with Crippen molar-refractivity contribution >= 4 is 5.91 Å². The van der Waals surface area contributed by atoms with Crippen LogP contribution in [0.5, 0.6) is 11.5 Å². The van der Waals surface area contributed by atoms with E-state index in [0.717, 1.165) is 36.7 Å². The van der Waals surface area contributed by atoms with E-state index in [4.69, 9.17) is 9.47 Å². The zero-order valence-electron chi connectivity index (χ0n) is 14.2. The van der Waals surface area contributed by atoms with Gasteiger partial charge in [-0.3, -0.25) is 9.69 Å². The van der Waals surface area contributed by atoms with Crippen molar-refractivity contribution in [3.8, 4) is 11.5 Å². The predicted molar refractivity (Wildman–Crippen MR) is 88.4 cm³/mol. The summed E-state index contributed by atoms with van der Waals surface area (Å²) in [5.74, 6) is 3.01. The molecule has 2 aliphatic heterocycles. The fourth-order valence-electron chi connectivity index (χ4n) is 3.60. The summed E-state index contributed by atoms with van der Waals surface area (Å²) in [5.41, 5.74) is 1.13. The molecule has 0 saturated carbocycles. The molecule has 2 atom stereocenters. The summed E-state index contributed by atoms with van der Waals surface area (Å²) < 4.78 is 10.7. The van der Waals surface area contributed by atoms with Crippen molar-refractivity contribution in [3.05, 3.63) is 23.8 Å². The van der Waals surface area contributed by atoms with E-state index in [1.807, 2.05) is 30.1 Å². The summed E-state index contributed by atoms with van der Waals surface area (Å²) in [6, 6.07) is 5.95. The van der Waals surface area contributed by atoms with Crippen molar-refractivity contribution in [2.24, 2.45) is 11.8 Å². The first-order valence-corrected chi connectivity index (χ1v) is 8.36. The molecule has 5 nitrogen and oxygen atoms in total.